The van der Waals surface area contributed by atoms with Crippen molar-refractivity contribution in [1.29, 1.82) is 0 Å². The van der Waals surface area contributed by atoms with Crippen molar-refractivity contribution >= 4 is 23.2 Å². The molecule has 2 aromatic carbocycles. The highest BCUT2D eigenvalue weighted by molar-refractivity contribution is 6.30. The van der Waals surface area contributed by atoms with E-state index in [1.54, 1.807) is 4.90 Å². The van der Waals surface area contributed by atoms with Crippen molar-refractivity contribution in [1.82, 2.24) is 0 Å². The molecule has 1 fully saturated rings. The van der Waals surface area contributed by atoms with Gasteiger partial charge in [0.15, 0.2) is 0 Å². The molecule has 1 amide bonds. The molecule has 1 N–H and O–H groups in total. The van der Waals surface area contributed by atoms with E-state index in [1.165, 1.54) is 0 Å². The second-order valence-electron chi connectivity index (χ2n) is 7.45. The minimum Gasteiger partial charge on any atom is -0.333 e. The first-order chi connectivity index (χ1) is 12.5. The average molecular weight is 372 g/mol. The van der Waals surface area contributed by atoms with Crippen LogP contribution in [0.2, 0.25) is 5.02 Å². The molecule has 0 saturated carbocycles. The smallest absolute Gasteiger partial charge is 0.231 e. The molecule has 0 aromatic heterocycles. The second kappa shape index (κ2) is 8.70. The van der Waals surface area contributed by atoms with E-state index in [9.17, 15) is 4.79 Å². The second-order valence-corrected chi connectivity index (χ2v) is 7.88. The Morgan fingerprint density at radius 2 is 1.69 bits per heavy atom. The van der Waals surface area contributed by atoms with Crippen molar-refractivity contribution in [2.24, 2.45) is 0 Å². The molecule has 0 spiro atoms. The van der Waals surface area contributed by atoms with Gasteiger partial charge in [0, 0.05) is 29.6 Å². The summed E-state index contributed by atoms with van der Waals surface area (Å²) in [4.78, 5) is 16.8. The van der Waals surface area contributed by atoms with Crippen LogP contribution in [0.25, 0.3) is 0 Å². The molecule has 0 bridgehead atoms. The third kappa shape index (κ3) is 4.66. The molecule has 1 aliphatic rings. The number of nitrogens with zero attached hydrogens (tertiary/aromatic N) is 1. The molecule has 3 nitrogen and oxygen atoms in total. The van der Waals surface area contributed by atoms with E-state index >= 15 is 0 Å². The van der Waals surface area contributed by atoms with E-state index in [1.807, 2.05) is 59.5 Å². The molecule has 1 aliphatic heterocycles. The van der Waals surface area contributed by atoms with Gasteiger partial charge in [-0.1, -0.05) is 41.9 Å². The normalized spacial score (nSPS) is 20.2. The number of benzene rings is 2. The number of amides is 1. The molecule has 3 rings (SSSR count). The summed E-state index contributed by atoms with van der Waals surface area (Å²) in [6.45, 7) is 6.77. The Kier molecular flexibility index (Phi) is 6.33. The van der Waals surface area contributed by atoms with Gasteiger partial charge in [0.2, 0.25) is 5.91 Å². The fourth-order valence-corrected chi connectivity index (χ4v) is 3.95. The Bertz CT molecular complexity index is 707. The summed E-state index contributed by atoms with van der Waals surface area (Å²) < 4.78 is 0. The fourth-order valence-electron chi connectivity index (χ4n) is 3.82. The van der Waals surface area contributed by atoms with Gasteiger partial charge in [-0.25, -0.2) is 0 Å². The summed E-state index contributed by atoms with van der Waals surface area (Å²) in [5, 5.41) is 0.697. The largest absolute Gasteiger partial charge is 0.333 e. The molecule has 4 heteroatoms. The topological polar surface area (TPSA) is 24.8 Å². The third-order valence-corrected chi connectivity index (χ3v) is 5.60. The molecule has 138 valence electrons. The molecule has 0 radical (unpaired) electrons. The Labute approximate surface area is 161 Å². The van der Waals surface area contributed by atoms with Crippen LogP contribution >= 0.6 is 11.6 Å². The van der Waals surface area contributed by atoms with Crippen LogP contribution in [0.15, 0.2) is 54.6 Å². The lowest BCUT2D eigenvalue weighted by molar-refractivity contribution is -0.926. The predicted octanol–water partition coefficient (Wildman–Crippen LogP) is 3.37. The minimum absolute atomic E-state index is 0.163. The van der Waals surface area contributed by atoms with Gasteiger partial charge in [0.1, 0.15) is 0 Å². The number of hydrogen-bond acceptors (Lipinski definition) is 1. The quantitative estimate of drug-likeness (QED) is 0.856. The number of piperidine rings is 1. The van der Waals surface area contributed by atoms with Crippen LogP contribution in [0, 0.1) is 0 Å². The molecular weight excluding hydrogens is 344 g/mol. The summed E-state index contributed by atoms with van der Waals surface area (Å²) in [7, 11) is 0. The molecule has 26 heavy (non-hydrogen) atoms. The van der Waals surface area contributed by atoms with Crippen LogP contribution in [-0.2, 0) is 11.2 Å². The number of carbonyl (C=O) groups excluding carboxylic acids is 1. The van der Waals surface area contributed by atoms with Gasteiger partial charge in [-0.05, 0) is 43.7 Å². The molecule has 0 unspecified atom stereocenters. The first-order valence-electron chi connectivity index (χ1n) is 9.50. The van der Waals surface area contributed by atoms with Gasteiger partial charge in [-0.15, -0.1) is 0 Å². The zero-order valence-electron chi connectivity index (χ0n) is 15.6. The van der Waals surface area contributed by atoms with E-state index in [2.05, 4.69) is 13.8 Å². The van der Waals surface area contributed by atoms with Crippen LogP contribution in [0.1, 0.15) is 32.3 Å². The van der Waals surface area contributed by atoms with Crippen LogP contribution in [0.5, 0.6) is 0 Å². The first-order valence-corrected chi connectivity index (χ1v) is 9.88. The number of anilines is 1. The lowest BCUT2D eigenvalue weighted by Crippen LogP contribution is -3.16. The lowest BCUT2D eigenvalue weighted by atomic mass is 10.00. The maximum absolute atomic E-state index is 13.2. The SMILES string of the molecule is CC(C)[NH+]1CCC(N(C(=O)Cc2ccccc2)c2ccc(Cl)cc2)CC1. The summed E-state index contributed by atoms with van der Waals surface area (Å²) >= 11 is 6.06. The monoisotopic (exact) mass is 371 g/mol. The van der Waals surface area contributed by atoms with Crippen molar-refractivity contribution in [3.63, 3.8) is 0 Å². The van der Waals surface area contributed by atoms with E-state index in [-0.39, 0.29) is 11.9 Å². The van der Waals surface area contributed by atoms with E-state index in [0.29, 0.717) is 17.5 Å². The highest BCUT2D eigenvalue weighted by Gasteiger charge is 2.31. The highest BCUT2D eigenvalue weighted by Crippen LogP contribution is 2.24. The van der Waals surface area contributed by atoms with Crippen molar-refractivity contribution in [3.8, 4) is 0 Å². The lowest BCUT2D eigenvalue weighted by Gasteiger charge is -2.38. The fraction of sp³-hybridized carbons (Fsp3) is 0.409. The van der Waals surface area contributed by atoms with Gasteiger partial charge >= 0.3 is 0 Å². The third-order valence-electron chi connectivity index (χ3n) is 5.35. The van der Waals surface area contributed by atoms with Crippen molar-refractivity contribution in [2.45, 2.75) is 45.2 Å². The predicted molar refractivity (Wildman–Crippen MR) is 108 cm³/mol. The summed E-state index contributed by atoms with van der Waals surface area (Å²) in [5.41, 5.74) is 2.01. The van der Waals surface area contributed by atoms with Gasteiger partial charge in [0.25, 0.3) is 0 Å². The molecule has 0 aliphatic carbocycles. The Balaban J connectivity index is 1.80. The number of likely N-dealkylation sites (tertiary alicyclic amines) is 1. The number of rotatable bonds is 5. The standard InChI is InChI=1S/C22H27ClN2O/c1-17(2)24-14-12-21(13-15-24)25(20-10-8-19(23)9-11-20)22(26)16-18-6-4-3-5-7-18/h3-11,17,21H,12-16H2,1-2H3/p+1. The maximum atomic E-state index is 13.2. The van der Waals surface area contributed by atoms with Crippen LogP contribution < -0.4 is 9.80 Å². The summed E-state index contributed by atoms with van der Waals surface area (Å²) in [6, 6.07) is 18.6. The number of halogens is 1. The van der Waals surface area contributed by atoms with E-state index in [0.717, 1.165) is 37.2 Å². The maximum Gasteiger partial charge on any atom is 0.231 e. The van der Waals surface area contributed by atoms with Crippen molar-refractivity contribution in [2.75, 3.05) is 18.0 Å². The van der Waals surface area contributed by atoms with E-state index in [4.69, 9.17) is 11.6 Å². The van der Waals surface area contributed by atoms with Gasteiger partial charge in [-0.2, -0.15) is 0 Å². The van der Waals surface area contributed by atoms with Gasteiger partial charge in [0.05, 0.1) is 25.6 Å². The molecule has 2 aromatic rings. The molecule has 1 heterocycles. The molecule has 0 atom stereocenters. The zero-order chi connectivity index (χ0) is 18.5. The summed E-state index contributed by atoms with van der Waals surface area (Å²) in [6.07, 6.45) is 2.51. The minimum atomic E-state index is 0.163. The van der Waals surface area contributed by atoms with Gasteiger partial charge in [-0.3, -0.25) is 4.79 Å². The highest BCUT2D eigenvalue weighted by atomic mass is 35.5. The molecular formula is C22H28ClN2O+. The zero-order valence-corrected chi connectivity index (χ0v) is 16.4. The number of nitrogens with one attached hydrogen (secondary N) is 1. The Hall–Kier alpha value is -1.84. The number of quaternary nitrogens is 1. The number of carbonyl (C=O) groups is 1. The average Bonchev–Trinajstić information content (AvgIpc) is 2.65. The summed E-state index contributed by atoms with van der Waals surface area (Å²) in [5.74, 6) is 0.163. The Morgan fingerprint density at radius 3 is 2.27 bits per heavy atom. The van der Waals surface area contributed by atoms with E-state index < -0.39 is 0 Å². The van der Waals surface area contributed by atoms with Crippen molar-refractivity contribution < 1.29 is 9.69 Å². The Morgan fingerprint density at radius 1 is 1.08 bits per heavy atom. The molecule has 1 saturated heterocycles. The number of hydrogen-bond donors (Lipinski definition) is 1. The first kappa shape index (κ1) is 18.9. The van der Waals surface area contributed by atoms with Crippen LogP contribution in [0.4, 0.5) is 5.69 Å². The van der Waals surface area contributed by atoms with Crippen molar-refractivity contribution in [3.05, 3.63) is 65.2 Å². The van der Waals surface area contributed by atoms with Crippen LogP contribution in [0.3, 0.4) is 0 Å². The van der Waals surface area contributed by atoms with Gasteiger partial charge < -0.3 is 9.80 Å². The van der Waals surface area contributed by atoms with Crippen LogP contribution in [-0.4, -0.2) is 31.1 Å².